The number of piperidine rings is 1. The molecule has 0 saturated carbocycles. The first-order valence-corrected chi connectivity index (χ1v) is 8.94. The van der Waals surface area contributed by atoms with E-state index in [4.69, 9.17) is 0 Å². The van der Waals surface area contributed by atoms with Crippen LogP contribution < -0.4 is 0 Å². The quantitative estimate of drug-likeness (QED) is 0.871. The first kappa shape index (κ1) is 17.0. The number of carboxylic acid groups (broad SMARTS) is 1. The van der Waals surface area contributed by atoms with E-state index in [1.807, 2.05) is 35.2 Å². The maximum absolute atomic E-state index is 11.7. The summed E-state index contributed by atoms with van der Waals surface area (Å²) in [6.07, 6.45) is 4.77. The Kier molecular flexibility index (Phi) is 5.51. The van der Waals surface area contributed by atoms with Gasteiger partial charge in [-0.3, -0.25) is 14.5 Å². The van der Waals surface area contributed by atoms with Crippen molar-refractivity contribution in [1.29, 1.82) is 0 Å². The molecule has 1 atom stereocenters. The molecule has 0 unspecified atom stereocenters. The van der Waals surface area contributed by atoms with Crippen LogP contribution >= 0.6 is 0 Å². The maximum atomic E-state index is 11.7. The van der Waals surface area contributed by atoms with E-state index in [0.717, 1.165) is 57.4 Å². The van der Waals surface area contributed by atoms with Gasteiger partial charge in [0.15, 0.2) is 0 Å². The first-order chi connectivity index (χ1) is 11.6. The highest BCUT2D eigenvalue weighted by atomic mass is 16.4. The van der Waals surface area contributed by atoms with Gasteiger partial charge in [-0.25, -0.2) is 0 Å². The van der Waals surface area contributed by atoms with Crippen molar-refractivity contribution in [3.63, 3.8) is 0 Å². The fourth-order valence-electron chi connectivity index (χ4n) is 3.92. The summed E-state index contributed by atoms with van der Waals surface area (Å²) in [6, 6.07) is 8.94. The summed E-state index contributed by atoms with van der Waals surface area (Å²) in [5, 5.41) is 9.64. The minimum Gasteiger partial charge on any atom is -0.480 e. The van der Waals surface area contributed by atoms with E-state index >= 15 is 0 Å². The third-order valence-electron chi connectivity index (χ3n) is 5.34. The van der Waals surface area contributed by atoms with Crippen molar-refractivity contribution in [2.24, 2.45) is 5.92 Å². The summed E-state index contributed by atoms with van der Waals surface area (Å²) in [6.45, 7) is 3.40. The number of likely N-dealkylation sites (tertiary alicyclic amines) is 2. The molecule has 2 saturated heterocycles. The molecule has 3 rings (SSSR count). The number of carboxylic acids is 1. The number of hydrogen-bond donors (Lipinski definition) is 1. The van der Waals surface area contributed by atoms with Crippen molar-refractivity contribution < 1.29 is 14.7 Å². The normalized spacial score (nSPS) is 21.2. The molecule has 2 fully saturated rings. The Bertz CT molecular complexity index is 567. The highest BCUT2D eigenvalue weighted by Gasteiger charge is 2.31. The summed E-state index contributed by atoms with van der Waals surface area (Å²) in [5.41, 5.74) is 0.853. The molecule has 2 heterocycles. The molecule has 0 bridgehead atoms. The highest BCUT2D eigenvalue weighted by Crippen LogP contribution is 2.29. The van der Waals surface area contributed by atoms with Crippen LogP contribution in [0, 0.1) is 5.92 Å². The fourth-order valence-corrected chi connectivity index (χ4v) is 3.92. The topological polar surface area (TPSA) is 60.9 Å². The second-order valence-corrected chi connectivity index (χ2v) is 6.90. The fraction of sp³-hybridized carbons (Fsp3) is 0.579. The number of aliphatic carboxylic acids is 1. The zero-order valence-corrected chi connectivity index (χ0v) is 14.1. The predicted molar refractivity (Wildman–Crippen MR) is 91.5 cm³/mol. The summed E-state index contributed by atoms with van der Waals surface area (Å²) < 4.78 is 0. The minimum absolute atomic E-state index is 0.294. The van der Waals surface area contributed by atoms with Crippen LogP contribution in [0.3, 0.4) is 0 Å². The number of carbonyl (C=O) groups excluding carboxylic acids is 1. The van der Waals surface area contributed by atoms with Crippen LogP contribution in [0.25, 0.3) is 0 Å². The van der Waals surface area contributed by atoms with Crippen molar-refractivity contribution in [1.82, 2.24) is 9.80 Å². The van der Waals surface area contributed by atoms with Crippen LogP contribution in [0.1, 0.15) is 43.7 Å². The first-order valence-electron chi connectivity index (χ1n) is 8.94. The molecule has 130 valence electrons. The van der Waals surface area contributed by atoms with E-state index in [1.54, 1.807) is 0 Å². The molecule has 5 nitrogen and oxygen atoms in total. The molecule has 1 N–H and O–H groups in total. The number of hydrogen-bond acceptors (Lipinski definition) is 3. The van der Waals surface area contributed by atoms with E-state index in [9.17, 15) is 14.7 Å². The lowest BCUT2D eigenvalue weighted by Gasteiger charge is -2.36. The Morgan fingerprint density at radius 1 is 1.17 bits per heavy atom. The third-order valence-corrected chi connectivity index (χ3v) is 5.34. The van der Waals surface area contributed by atoms with Crippen molar-refractivity contribution in [2.75, 3.05) is 26.2 Å². The largest absolute Gasteiger partial charge is 0.480 e. The summed E-state index contributed by atoms with van der Waals surface area (Å²) in [4.78, 5) is 27.5. The predicted octanol–water partition coefficient (Wildman–Crippen LogP) is 2.54. The molecule has 1 amide bonds. The molecule has 0 aliphatic carbocycles. The van der Waals surface area contributed by atoms with Crippen molar-refractivity contribution in [3.05, 3.63) is 35.9 Å². The molecule has 2 aliphatic heterocycles. The molecular formula is C19H26N2O3. The van der Waals surface area contributed by atoms with Gasteiger partial charge in [-0.05, 0) is 50.3 Å². The molecule has 5 heteroatoms. The van der Waals surface area contributed by atoms with E-state index < -0.39 is 12.0 Å². The molecule has 1 aromatic carbocycles. The van der Waals surface area contributed by atoms with E-state index in [0.29, 0.717) is 18.2 Å². The Labute approximate surface area is 143 Å². The van der Waals surface area contributed by atoms with Crippen LogP contribution in [0.15, 0.2) is 30.3 Å². The Hall–Kier alpha value is -1.88. The van der Waals surface area contributed by atoms with Crippen molar-refractivity contribution in [2.45, 2.75) is 38.1 Å². The van der Waals surface area contributed by atoms with Gasteiger partial charge in [0.1, 0.15) is 6.04 Å². The monoisotopic (exact) mass is 330 g/mol. The second kappa shape index (κ2) is 7.79. The second-order valence-electron chi connectivity index (χ2n) is 6.90. The van der Waals surface area contributed by atoms with Gasteiger partial charge in [-0.1, -0.05) is 30.3 Å². The van der Waals surface area contributed by atoms with Gasteiger partial charge >= 0.3 is 5.97 Å². The highest BCUT2D eigenvalue weighted by molar-refractivity contribution is 5.78. The van der Waals surface area contributed by atoms with Crippen LogP contribution in [0.5, 0.6) is 0 Å². The zero-order valence-electron chi connectivity index (χ0n) is 14.1. The smallest absolute Gasteiger partial charge is 0.325 e. The lowest BCUT2D eigenvalue weighted by molar-refractivity contribution is -0.144. The SMILES string of the molecule is O=C(O)[C@H](c1ccccc1)N1CCC(CCN2CCCC2=O)CC1. The van der Waals surface area contributed by atoms with Gasteiger partial charge in [-0.15, -0.1) is 0 Å². The third kappa shape index (κ3) is 3.96. The summed E-state index contributed by atoms with van der Waals surface area (Å²) in [7, 11) is 0. The van der Waals surface area contributed by atoms with Gasteiger partial charge in [0.2, 0.25) is 5.91 Å². The van der Waals surface area contributed by atoms with Gasteiger partial charge < -0.3 is 10.0 Å². The lowest BCUT2D eigenvalue weighted by Crippen LogP contribution is -2.40. The summed E-state index contributed by atoms with van der Waals surface area (Å²) >= 11 is 0. The molecule has 24 heavy (non-hydrogen) atoms. The van der Waals surface area contributed by atoms with Gasteiger partial charge in [0.05, 0.1) is 0 Å². The van der Waals surface area contributed by atoms with E-state index in [2.05, 4.69) is 4.90 Å². The number of nitrogens with zero attached hydrogens (tertiary/aromatic N) is 2. The van der Waals surface area contributed by atoms with Gasteiger partial charge in [-0.2, -0.15) is 0 Å². The number of rotatable bonds is 6. The van der Waals surface area contributed by atoms with E-state index in [-0.39, 0.29) is 0 Å². The lowest BCUT2D eigenvalue weighted by atomic mass is 9.91. The Morgan fingerprint density at radius 3 is 2.46 bits per heavy atom. The van der Waals surface area contributed by atoms with Crippen LogP contribution in [-0.2, 0) is 9.59 Å². The minimum atomic E-state index is -0.776. The molecule has 0 aromatic heterocycles. The number of benzene rings is 1. The zero-order chi connectivity index (χ0) is 16.9. The molecule has 0 spiro atoms. The molecule has 2 aliphatic rings. The van der Waals surface area contributed by atoms with Crippen LogP contribution in [-0.4, -0.2) is 53.0 Å². The Morgan fingerprint density at radius 2 is 1.88 bits per heavy atom. The number of amides is 1. The van der Waals surface area contributed by atoms with Crippen LogP contribution in [0.2, 0.25) is 0 Å². The summed E-state index contributed by atoms with van der Waals surface area (Å²) in [5.74, 6) is 0.115. The average Bonchev–Trinajstić information content (AvgIpc) is 3.00. The molecule has 1 aromatic rings. The Balaban J connectivity index is 1.52. The van der Waals surface area contributed by atoms with Gasteiger partial charge in [0.25, 0.3) is 0 Å². The maximum Gasteiger partial charge on any atom is 0.325 e. The molecular weight excluding hydrogens is 304 g/mol. The van der Waals surface area contributed by atoms with Crippen molar-refractivity contribution >= 4 is 11.9 Å². The average molecular weight is 330 g/mol. The standard InChI is InChI=1S/C19H26N2O3/c22-17-7-4-11-20(17)12-8-15-9-13-21(14-10-15)18(19(23)24)16-5-2-1-3-6-16/h1-3,5-6,15,18H,4,7-14H2,(H,23,24)/t18-/m0/s1. The van der Waals surface area contributed by atoms with Gasteiger partial charge in [0, 0.05) is 19.5 Å². The van der Waals surface area contributed by atoms with E-state index in [1.165, 1.54) is 0 Å². The van der Waals surface area contributed by atoms with Crippen LogP contribution in [0.4, 0.5) is 0 Å². The van der Waals surface area contributed by atoms with Crippen molar-refractivity contribution in [3.8, 4) is 0 Å². The molecule has 0 radical (unpaired) electrons. The number of carbonyl (C=O) groups is 2.